The molecule has 1 unspecified atom stereocenters. The Morgan fingerprint density at radius 3 is 1.77 bits per heavy atom. The fourth-order valence-electron chi connectivity index (χ4n) is 5.17. The van der Waals surface area contributed by atoms with Gasteiger partial charge in [-0.05, 0) is 63.3 Å². The molecule has 3 aromatic carbocycles. The molecule has 0 bridgehead atoms. The molecule has 1 aromatic heterocycles. The third-order valence-electron chi connectivity index (χ3n) is 7.74. The molecule has 2 N–H and O–H groups in total. The molecule has 43 heavy (non-hydrogen) atoms. The van der Waals surface area contributed by atoms with E-state index < -0.39 is 6.10 Å². The van der Waals surface area contributed by atoms with E-state index in [1.54, 1.807) is 12.1 Å². The highest BCUT2D eigenvalue weighted by molar-refractivity contribution is 5.72. The zero-order valence-corrected chi connectivity index (χ0v) is 26.4. The van der Waals surface area contributed by atoms with Crippen LogP contribution in [0.4, 0.5) is 0 Å². The van der Waals surface area contributed by atoms with Gasteiger partial charge in [-0.15, -0.1) is 0 Å². The van der Waals surface area contributed by atoms with Gasteiger partial charge in [-0.2, -0.15) is 0 Å². The smallest absolute Gasteiger partial charge is 0.167 e. The quantitative estimate of drug-likeness (QED) is 0.156. The molecule has 0 saturated heterocycles. The molecular formula is C36H45N3O4. The molecule has 7 heteroatoms. The van der Waals surface area contributed by atoms with Crippen LogP contribution in [0.15, 0.2) is 54.6 Å². The number of phenols is 1. The summed E-state index contributed by atoms with van der Waals surface area (Å²) < 4.78 is 11.5. The minimum absolute atomic E-state index is 0.0192. The summed E-state index contributed by atoms with van der Waals surface area (Å²) in [6.07, 6.45) is 3.81. The van der Waals surface area contributed by atoms with E-state index in [0.29, 0.717) is 41.3 Å². The topological polar surface area (TPSA) is 97.6 Å². The maximum Gasteiger partial charge on any atom is 0.167 e. The van der Waals surface area contributed by atoms with E-state index in [1.807, 2.05) is 38.1 Å². The SMILES string of the molecule is CCCC[C@H](CC)COCC(O)COc1ccc(-c2nc(-c3ccc(C)cc3C)nc(-c3ccc(C)cc3C)n2)c(O)c1. The zero-order chi connectivity index (χ0) is 30.9. The molecule has 1 heterocycles. The van der Waals surface area contributed by atoms with E-state index in [2.05, 4.69) is 39.8 Å². The van der Waals surface area contributed by atoms with Crippen molar-refractivity contribution in [2.75, 3.05) is 19.8 Å². The van der Waals surface area contributed by atoms with Gasteiger partial charge >= 0.3 is 0 Å². The Balaban J connectivity index is 1.55. The Labute approximate surface area is 256 Å². The largest absolute Gasteiger partial charge is 0.507 e. The highest BCUT2D eigenvalue weighted by atomic mass is 16.5. The van der Waals surface area contributed by atoms with Gasteiger partial charge in [0.05, 0.1) is 12.2 Å². The first-order valence-corrected chi connectivity index (χ1v) is 15.3. The summed E-state index contributed by atoms with van der Waals surface area (Å²) in [5.74, 6) is 2.38. The number of unbranched alkanes of at least 4 members (excludes halogenated alkanes) is 1. The van der Waals surface area contributed by atoms with Crippen LogP contribution in [0.25, 0.3) is 34.2 Å². The van der Waals surface area contributed by atoms with Gasteiger partial charge in [0.25, 0.3) is 0 Å². The molecule has 0 spiro atoms. The first-order valence-electron chi connectivity index (χ1n) is 15.3. The molecule has 0 radical (unpaired) electrons. The van der Waals surface area contributed by atoms with Crippen molar-refractivity contribution < 1.29 is 19.7 Å². The number of benzene rings is 3. The van der Waals surface area contributed by atoms with Crippen LogP contribution < -0.4 is 4.74 Å². The highest BCUT2D eigenvalue weighted by Crippen LogP contribution is 2.34. The van der Waals surface area contributed by atoms with Crippen LogP contribution in [0.1, 0.15) is 61.8 Å². The van der Waals surface area contributed by atoms with Crippen LogP contribution >= 0.6 is 0 Å². The third-order valence-corrected chi connectivity index (χ3v) is 7.74. The third kappa shape index (κ3) is 8.62. The molecule has 2 atom stereocenters. The molecule has 0 aliphatic heterocycles. The maximum absolute atomic E-state index is 11.0. The van der Waals surface area contributed by atoms with Crippen molar-refractivity contribution in [3.8, 4) is 45.7 Å². The minimum Gasteiger partial charge on any atom is -0.507 e. The Bertz CT molecular complexity index is 1450. The van der Waals surface area contributed by atoms with E-state index in [-0.39, 0.29) is 19.0 Å². The monoisotopic (exact) mass is 583 g/mol. The molecule has 0 fully saturated rings. The van der Waals surface area contributed by atoms with Gasteiger partial charge in [-0.1, -0.05) is 80.6 Å². The standard InChI is InChI=1S/C36H45N3O4/c1-7-9-10-27(8-2)20-42-21-28(40)22-43-29-13-16-32(33(41)19-29)36-38-34(30-14-11-23(3)17-25(30)5)37-35(39-36)31-15-12-24(4)18-26(31)6/h11-19,27-28,40-41H,7-10,20-22H2,1-6H3/t27-,28?/m0/s1. The van der Waals surface area contributed by atoms with Crippen LogP contribution in [0.2, 0.25) is 0 Å². The van der Waals surface area contributed by atoms with Crippen molar-refractivity contribution in [2.45, 2.75) is 73.3 Å². The van der Waals surface area contributed by atoms with Crippen LogP contribution in [-0.2, 0) is 4.74 Å². The summed E-state index contributed by atoms with van der Waals surface area (Å²) in [6.45, 7) is 13.5. The number of hydrogen-bond donors (Lipinski definition) is 2. The lowest BCUT2D eigenvalue weighted by Crippen LogP contribution is -2.25. The number of aromatic hydroxyl groups is 1. The normalized spacial score (nSPS) is 12.7. The minimum atomic E-state index is -0.769. The molecule has 4 rings (SSSR count). The Morgan fingerprint density at radius 1 is 0.698 bits per heavy atom. The molecule has 0 aliphatic carbocycles. The predicted molar refractivity (Wildman–Crippen MR) is 172 cm³/mol. The van der Waals surface area contributed by atoms with Crippen molar-refractivity contribution in [2.24, 2.45) is 5.92 Å². The van der Waals surface area contributed by atoms with Gasteiger partial charge in [-0.3, -0.25) is 0 Å². The first-order chi connectivity index (χ1) is 20.7. The highest BCUT2D eigenvalue weighted by Gasteiger charge is 2.18. The summed E-state index contributed by atoms with van der Waals surface area (Å²) in [6, 6.07) is 17.3. The lowest BCUT2D eigenvalue weighted by Gasteiger charge is -2.17. The number of rotatable bonds is 14. The average Bonchev–Trinajstić information content (AvgIpc) is 2.97. The molecule has 0 saturated carbocycles. The summed E-state index contributed by atoms with van der Waals surface area (Å²) in [5, 5.41) is 21.4. The average molecular weight is 584 g/mol. The van der Waals surface area contributed by atoms with Gasteiger partial charge in [0.1, 0.15) is 24.2 Å². The van der Waals surface area contributed by atoms with Gasteiger partial charge < -0.3 is 19.7 Å². The van der Waals surface area contributed by atoms with Crippen LogP contribution in [0.5, 0.6) is 11.5 Å². The van der Waals surface area contributed by atoms with E-state index in [9.17, 15) is 10.2 Å². The summed E-state index contributed by atoms with van der Waals surface area (Å²) >= 11 is 0. The van der Waals surface area contributed by atoms with E-state index in [0.717, 1.165) is 46.2 Å². The summed E-state index contributed by atoms with van der Waals surface area (Å²) in [5.41, 5.74) is 6.72. The van der Waals surface area contributed by atoms with Gasteiger partial charge in [0, 0.05) is 23.8 Å². The van der Waals surface area contributed by atoms with Crippen LogP contribution in [0.3, 0.4) is 0 Å². The lowest BCUT2D eigenvalue weighted by atomic mass is 10.0. The number of aliphatic hydroxyl groups excluding tert-OH is 1. The maximum atomic E-state index is 11.0. The van der Waals surface area contributed by atoms with Crippen molar-refractivity contribution in [1.29, 1.82) is 0 Å². The number of aryl methyl sites for hydroxylation is 4. The van der Waals surface area contributed by atoms with E-state index in [1.165, 1.54) is 18.9 Å². The number of aromatic nitrogens is 3. The van der Waals surface area contributed by atoms with E-state index in [4.69, 9.17) is 24.4 Å². The van der Waals surface area contributed by atoms with Gasteiger partial charge in [-0.25, -0.2) is 15.0 Å². The molecular weight excluding hydrogens is 538 g/mol. The van der Waals surface area contributed by atoms with E-state index >= 15 is 0 Å². The number of aliphatic hydroxyl groups is 1. The van der Waals surface area contributed by atoms with Crippen LogP contribution in [0, 0.1) is 33.6 Å². The molecule has 7 nitrogen and oxygen atoms in total. The van der Waals surface area contributed by atoms with Crippen LogP contribution in [-0.4, -0.2) is 51.1 Å². The number of hydrogen-bond acceptors (Lipinski definition) is 7. The molecule has 0 amide bonds. The predicted octanol–water partition coefficient (Wildman–Crippen LogP) is 7.78. The lowest BCUT2D eigenvalue weighted by molar-refractivity contribution is -0.00111. The summed E-state index contributed by atoms with van der Waals surface area (Å²) in [7, 11) is 0. The molecule has 0 aliphatic rings. The first kappa shape index (κ1) is 32.1. The molecule has 4 aromatic rings. The summed E-state index contributed by atoms with van der Waals surface area (Å²) in [4.78, 5) is 14.5. The second-order valence-electron chi connectivity index (χ2n) is 11.5. The fourth-order valence-corrected chi connectivity index (χ4v) is 5.17. The zero-order valence-electron chi connectivity index (χ0n) is 26.4. The van der Waals surface area contributed by atoms with Crippen molar-refractivity contribution in [3.05, 3.63) is 76.9 Å². The van der Waals surface area contributed by atoms with Crippen molar-refractivity contribution >= 4 is 0 Å². The Morgan fingerprint density at radius 2 is 1.26 bits per heavy atom. The number of ether oxygens (including phenoxy) is 2. The fraction of sp³-hybridized carbons (Fsp3) is 0.417. The number of nitrogens with zero attached hydrogens (tertiary/aromatic N) is 3. The van der Waals surface area contributed by atoms with Gasteiger partial charge in [0.15, 0.2) is 17.5 Å². The second-order valence-corrected chi connectivity index (χ2v) is 11.5. The second kappa shape index (κ2) is 15.1. The van der Waals surface area contributed by atoms with Crippen molar-refractivity contribution in [3.63, 3.8) is 0 Å². The Hall–Kier alpha value is -3.81. The molecule has 228 valence electrons. The Kier molecular flexibility index (Phi) is 11.3. The van der Waals surface area contributed by atoms with Crippen molar-refractivity contribution in [1.82, 2.24) is 15.0 Å². The number of phenolic OH excluding ortho intramolecular Hbond substituents is 1. The van der Waals surface area contributed by atoms with Gasteiger partial charge in [0.2, 0.25) is 0 Å².